The van der Waals surface area contributed by atoms with Gasteiger partial charge in [0.25, 0.3) is 0 Å². The van der Waals surface area contributed by atoms with Crippen LogP contribution in [-0.4, -0.2) is 47.1 Å². The number of thiocarbonyl (C=S) groups is 2. The molecule has 1 aromatic carbocycles. The predicted molar refractivity (Wildman–Crippen MR) is 113 cm³/mol. The lowest BCUT2D eigenvalue weighted by atomic mass is 10.1. The Kier molecular flexibility index (Phi) is 9.77. The van der Waals surface area contributed by atoms with E-state index in [2.05, 4.69) is 33.7 Å². The molecule has 30 heavy (non-hydrogen) atoms. The zero-order valence-electron chi connectivity index (χ0n) is 15.1. The maximum Gasteiger partial charge on any atom is 0.405 e. The highest BCUT2D eigenvalue weighted by Gasteiger charge is 2.27. The van der Waals surface area contributed by atoms with Crippen LogP contribution in [0.25, 0.3) is 0 Å². The number of hydrazone groups is 2. The van der Waals surface area contributed by atoms with Crippen molar-refractivity contribution < 1.29 is 26.3 Å². The first-order chi connectivity index (χ1) is 13.8. The molecule has 0 aliphatic rings. The summed E-state index contributed by atoms with van der Waals surface area (Å²) in [5, 5.41) is 10.9. The van der Waals surface area contributed by atoms with Gasteiger partial charge in [-0.25, -0.2) is 0 Å². The molecule has 1 rings (SSSR count). The summed E-state index contributed by atoms with van der Waals surface area (Å²) in [5.74, 6) is 0. The molecule has 0 aliphatic carbocycles. The molecule has 0 radical (unpaired) electrons. The van der Waals surface area contributed by atoms with Gasteiger partial charge in [0.05, 0.1) is 5.71 Å². The van der Waals surface area contributed by atoms with Gasteiger partial charge in [-0.05, 0) is 43.5 Å². The molecule has 0 aromatic heterocycles. The van der Waals surface area contributed by atoms with E-state index in [1.165, 1.54) is 6.92 Å². The molecule has 0 aliphatic heterocycles. The third kappa shape index (κ3) is 11.2. The van der Waals surface area contributed by atoms with E-state index in [0.29, 0.717) is 10.5 Å². The quantitative estimate of drug-likeness (QED) is 0.139. The Morgan fingerprint density at radius 1 is 0.867 bits per heavy atom. The minimum atomic E-state index is -4.47. The fourth-order valence-electron chi connectivity index (χ4n) is 1.71. The van der Waals surface area contributed by atoms with Crippen molar-refractivity contribution in [2.75, 3.05) is 13.1 Å². The van der Waals surface area contributed by atoms with Crippen LogP contribution in [0, 0.1) is 0 Å². The second-order valence-electron chi connectivity index (χ2n) is 5.52. The summed E-state index contributed by atoms with van der Waals surface area (Å²) >= 11 is 13.6. The number of hydrogen-bond acceptors (Lipinski definition) is 5. The van der Waals surface area contributed by atoms with Crippen LogP contribution < -0.4 is 21.5 Å². The average molecular weight is 491 g/mol. The van der Waals surface area contributed by atoms with E-state index in [4.69, 9.17) is 24.4 Å². The number of halogens is 6. The Labute approximate surface area is 184 Å². The zero-order chi connectivity index (χ0) is 22.9. The third-order valence-electron chi connectivity index (χ3n) is 2.98. The van der Waals surface area contributed by atoms with Gasteiger partial charge in [0.15, 0.2) is 10.2 Å². The summed E-state index contributed by atoms with van der Waals surface area (Å²) in [6, 6.07) is 6.47. The number of hydrogen-bond donors (Lipinski definition) is 5. The largest absolute Gasteiger partial charge is 0.405 e. The van der Waals surface area contributed by atoms with Crippen molar-refractivity contribution in [3.63, 3.8) is 0 Å². The molecule has 0 spiro atoms. The van der Waals surface area contributed by atoms with Crippen LogP contribution in [0.1, 0.15) is 12.5 Å². The molecule has 4 N–H and O–H groups in total. The fraction of sp³-hybridized carbons (Fsp3) is 0.333. The maximum absolute atomic E-state index is 12.2. The highest BCUT2D eigenvalue weighted by Crippen LogP contribution is 2.13. The normalized spacial score (nSPS) is 12.9. The lowest BCUT2D eigenvalue weighted by Crippen LogP contribution is -2.40. The Hall–Kier alpha value is -2.13. The predicted octanol–water partition coefficient (Wildman–Crippen LogP) is 3.11. The van der Waals surface area contributed by atoms with Crippen molar-refractivity contribution in [1.82, 2.24) is 21.5 Å². The molecule has 15 heteroatoms. The van der Waals surface area contributed by atoms with Gasteiger partial charge < -0.3 is 10.6 Å². The molecule has 0 saturated carbocycles. The number of alkyl halides is 6. The van der Waals surface area contributed by atoms with Crippen LogP contribution in [0.2, 0.25) is 0 Å². The van der Waals surface area contributed by atoms with Crippen molar-refractivity contribution >= 4 is 58.7 Å². The molecular weight excluding hydrogens is 474 g/mol. The lowest BCUT2D eigenvalue weighted by molar-refractivity contribution is -0.122. The van der Waals surface area contributed by atoms with Crippen molar-refractivity contribution in [3.8, 4) is 0 Å². The SMILES string of the molecule is CC(=N\NC(=S)NCC(F)(F)F)/C(=N/NC(=S)NCC(F)(F)F)c1ccc(S)cc1. The second-order valence-corrected chi connectivity index (χ2v) is 6.86. The Morgan fingerprint density at radius 2 is 1.30 bits per heavy atom. The van der Waals surface area contributed by atoms with Gasteiger partial charge in [-0.2, -0.15) is 36.5 Å². The van der Waals surface area contributed by atoms with Gasteiger partial charge in [0.1, 0.15) is 18.8 Å². The first-order valence-electron chi connectivity index (χ1n) is 7.90. The number of nitrogens with one attached hydrogen (secondary N) is 4. The molecule has 0 bridgehead atoms. The smallest absolute Gasteiger partial charge is 0.352 e. The van der Waals surface area contributed by atoms with Gasteiger partial charge in [0.2, 0.25) is 0 Å². The average Bonchev–Trinajstić information content (AvgIpc) is 2.63. The molecule has 6 nitrogen and oxygen atoms in total. The van der Waals surface area contributed by atoms with Crippen LogP contribution in [0.15, 0.2) is 39.4 Å². The maximum atomic E-state index is 12.2. The lowest BCUT2D eigenvalue weighted by Gasteiger charge is -2.13. The number of nitrogens with zero attached hydrogens (tertiary/aromatic N) is 2. The van der Waals surface area contributed by atoms with Gasteiger partial charge >= 0.3 is 12.4 Å². The minimum Gasteiger partial charge on any atom is -0.352 e. The van der Waals surface area contributed by atoms with E-state index in [1.54, 1.807) is 24.3 Å². The van der Waals surface area contributed by atoms with Gasteiger partial charge in [0, 0.05) is 10.5 Å². The molecule has 0 unspecified atom stereocenters. The molecule has 0 heterocycles. The van der Waals surface area contributed by atoms with Crippen molar-refractivity contribution in [1.29, 1.82) is 0 Å². The summed E-state index contributed by atoms with van der Waals surface area (Å²) in [5.41, 5.74) is 5.29. The highest BCUT2D eigenvalue weighted by atomic mass is 32.1. The molecule has 0 saturated heterocycles. The number of rotatable bonds is 6. The van der Waals surface area contributed by atoms with Crippen molar-refractivity contribution in [2.24, 2.45) is 10.2 Å². The van der Waals surface area contributed by atoms with Crippen LogP contribution >= 0.6 is 37.1 Å². The minimum absolute atomic E-state index is 0.144. The Bertz CT molecular complexity index is 805. The van der Waals surface area contributed by atoms with Gasteiger partial charge in [-0.3, -0.25) is 10.9 Å². The molecule has 166 valence electrons. The fourth-order valence-corrected chi connectivity index (χ4v) is 2.09. The standard InChI is InChI=1S/C15H16F6N6S3/c1-8(24-26-12(29)22-6-14(16,17)18)11(9-2-4-10(28)5-3-9)25-27-13(30)23-7-15(19,20)21/h2-5,28H,6-7H2,1H3,(H2,22,26,29)(H2,23,27,30)/b24-8+,25-11-. The van der Waals surface area contributed by atoms with E-state index < -0.39 is 30.6 Å². The molecular formula is C15H16F6N6S3. The molecule has 0 fully saturated rings. The summed E-state index contributed by atoms with van der Waals surface area (Å²) in [7, 11) is 0. The summed E-state index contributed by atoms with van der Waals surface area (Å²) in [6.07, 6.45) is -8.93. The van der Waals surface area contributed by atoms with Crippen LogP contribution in [-0.2, 0) is 0 Å². The van der Waals surface area contributed by atoms with Crippen LogP contribution in [0.3, 0.4) is 0 Å². The Balaban J connectivity index is 2.93. The molecule has 0 amide bonds. The monoisotopic (exact) mass is 490 g/mol. The van der Waals surface area contributed by atoms with E-state index in [0.717, 1.165) is 0 Å². The zero-order valence-corrected chi connectivity index (χ0v) is 17.7. The van der Waals surface area contributed by atoms with E-state index in [1.807, 2.05) is 10.6 Å². The van der Waals surface area contributed by atoms with Crippen LogP contribution in [0.5, 0.6) is 0 Å². The molecule has 0 atom stereocenters. The third-order valence-corrected chi connectivity index (χ3v) is 3.75. The van der Waals surface area contributed by atoms with E-state index in [9.17, 15) is 26.3 Å². The number of benzene rings is 1. The van der Waals surface area contributed by atoms with E-state index >= 15 is 0 Å². The first kappa shape index (κ1) is 25.9. The van der Waals surface area contributed by atoms with Crippen molar-refractivity contribution in [3.05, 3.63) is 29.8 Å². The summed E-state index contributed by atoms with van der Waals surface area (Å²) in [6.45, 7) is -1.25. The summed E-state index contributed by atoms with van der Waals surface area (Å²) < 4.78 is 73.4. The van der Waals surface area contributed by atoms with E-state index in [-0.39, 0.29) is 16.5 Å². The highest BCUT2D eigenvalue weighted by molar-refractivity contribution is 7.80. The van der Waals surface area contributed by atoms with Crippen molar-refractivity contribution in [2.45, 2.75) is 24.2 Å². The first-order valence-corrected chi connectivity index (χ1v) is 9.16. The Morgan fingerprint density at radius 3 is 1.73 bits per heavy atom. The number of thiol groups is 1. The topological polar surface area (TPSA) is 72.8 Å². The van der Waals surface area contributed by atoms with Crippen LogP contribution in [0.4, 0.5) is 26.3 Å². The van der Waals surface area contributed by atoms with Gasteiger partial charge in [-0.15, -0.1) is 12.6 Å². The summed E-state index contributed by atoms with van der Waals surface area (Å²) in [4.78, 5) is 0.638. The molecule has 1 aromatic rings. The second kappa shape index (κ2) is 11.3. The van der Waals surface area contributed by atoms with Gasteiger partial charge in [-0.1, -0.05) is 12.1 Å².